The summed E-state index contributed by atoms with van der Waals surface area (Å²) in [5.41, 5.74) is 2.98. The molecule has 2 aromatic rings. The Morgan fingerprint density at radius 3 is 3.09 bits per heavy atom. The highest BCUT2D eigenvalue weighted by Gasteiger charge is 2.14. The first-order chi connectivity index (χ1) is 10.7. The van der Waals surface area contributed by atoms with E-state index in [0.717, 1.165) is 31.2 Å². The van der Waals surface area contributed by atoms with Crippen molar-refractivity contribution in [3.8, 4) is 5.88 Å². The minimum atomic E-state index is -0.471. The Balaban J connectivity index is 1.78. The fraction of sp³-hybridized carbons (Fsp3) is 0.375. The van der Waals surface area contributed by atoms with E-state index in [9.17, 15) is 9.18 Å². The molecule has 3 rings (SSSR count). The van der Waals surface area contributed by atoms with Gasteiger partial charge in [0.25, 0.3) is 5.56 Å². The van der Waals surface area contributed by atoms with Crippen molar-refractivity contribution >= 4 is 5.69 Å². The van der Waals surface area contributed by atoms with Crippen molar-refractivity contribution in [3.05, 3.63) is 51.3 Å². The lowest BCUT2D eigenvalue weighted by Gasteiger charge is -2.10. The zero-order chi connectivity index (χ0) is 15.5. The van der Waals surface area contributed by atoms with Crippen molar-refractivity contribution in [2.45, 2.75) is 32.7 Å². The largest absolute Gasteiger partial charge is 0.478 e. The van der Waals surface area contributed by atoms with E-state index in [1.807, 2.05) is 13.0 Å². The van der Waals surface area contributed by atoms with Gasteiger partial charge in [0, 0.05) is 23.9 Å². The van der Waals surface area contributed by atoms with E-state index in [2.05, 4.69) is 15.3 Å². The van der Waals surface area contributed by atoms with Crippen LogP contribution >= 0.6 is 0 Å². The molecule has 22 heavy (non-hydrogen) atoms. The van der Waals surface area contributed by atoms with Crippen molar-refractivity contribution < 1.29 is 9.13 Å². The molecule has 2 aromatic heterocycles. The highest BCUT2D eigenvalue weighted by Crippen LogP contribution is 2.21. The second-order valence-electron chi connectivity index (χ2n) is 5.27. The molecular weight excluding hydrogens is 285 g/mol. The highest BCUT2D eigenvalue weighted by atomic mass is 19.1. The lowest BCUT2D eigenvalue weighted by molar-refractivity contribution is 0.326. The predicted molar refractivity (Wildman–Crippen MR) is 81.8 cm³/mol. The third-order valence-corrected chi connectivity index (χ3v) is 3.76. The molecule has 0 aliphatic heterocycles. The summed E-state index contributed by atoms with van der Waals surface area (Å²) in [5, 5.41) is 2.95. The standard InChI is InChI=1S/C16H18FN3O2/c1-2-22-15-7-14(12(17)9-19-15)18-8-11-6-10-4-3-5-13(10)20-16(11)21/h6-7,9H,2-5,8H2,1H3,(H,18,19)(H,20,21). The number of hydrogen-bond donors (Lipinski definition) is 2. The van der Waals surface area contributed by atoms with E-state index in [1.54, 1.807) is 0 Å². The highest BCUT2D eigenvalue weighted by molar-refractivity contribution is 5.47. The molecule has 2 N–H and O–H groups in total. The van der Waals surface area contributed by atoms with Crippen LogP contribution in [0.3, 0.4) is 0 Å². The molecule has 0 bridgehead atoms. The monoisotopic (exact) mass is 303 g/mol. The van der Waals surface area contributed by atoms with Gasteiger partial charge in [0.1, 0.15) is 0 Å². The number of aromatic nitrogens is 2. The van der Waals surface area contributed by atoms with Gasteiger partial charge in [-0.1, -0.05) is 0 Å². The quantitative estimate of drug-likeness (QED) is 0.890. The van der Waals surface area contributed by atoms with Gasteiger partial charge in [0.2, 0.25) is 5.88 Å². The minimum absolute atomic E-state index is 0.118. The number of anilines is 1. The normalized spacial score (nSPS) is 13.0. The number of halogens is 1. The molecule has 0 radical (unpaired) electrons. The number of H-pyrrole nitrogens is 1. The summed E-state index contributed by atoms with van der Waals surface area (Å²) in [5.74, 6) is -0.115. The average Bonchev–Trinajstić information content (AvgIpc) is 2.95. The van der Waals surface area contributed by atoms with Crippen LogP contribution in [-0.2, 0) is 19.4 Å². The van der Waals surface area contributed by atoms with Crippen molar-refractivity contribution in [3.63, 3.8) is 0 Å². The summed E-state index contributed by atoms with van der Waals surface area (Å²) in [6, 6.07) is 3.41. The molecule has 1 aliphatic carbocycles. The molecule has 0 aromatic carbocycles. The Morgan fingerprint density at radius 1 is 1.41 bits per heavy atom. The van der Waals surface area contributed by atoms with Crippen LogP contribution in [-0.4, -0.2) is 16.6 Å². The first-order valence-electron chi connectivity index (χ1n) is 7.43. The summed E-state index contributed by atoms with van der Waals surface area (Å²) in [4.78, 5) is 18.8. The van der Waals surface area contributed by atoms with Crippen LogP contribution in [0.2, 0.25) is 0 Å². The molecule has 0 fully saturated rings. The van der Waals surface area contributed by atoms with Gasteiger partial charge in [-0.3, -0.25) is 4.79 Å². The fourth-order valence-corrected chi connectivity index (χ4v) is 2.67. The Bertz CT molecular complexity index is 743. The van der Waals surface area contributed by atoms with E-state index >= 15 is 0 Å². The van der Waals surface area contributed by atoms with Gasteiger partial charge in [0.05, 0.1) is 18.5 Å². The Kier molecular flexibility index (Phi) is 4.09. The van der Waals surface area contributed by atoms with Gasteiger partial charge in [0.15, 0.2) is 5.82 Å². The fourth-order valence-electron chi connectivity index (χ4n) is 2.67. The van der Waals surface area contributed by atoms with Crippen LogP contribution in [0, 0.1) is 5.82 Å². The molecule has 116 valence electrons. The number of nitrogens with zero attached hydrogens (tertiary/aromatic N) is 1. The van der Waals surface area contributed by atoms with Crippen LogP contribution in [0.15, 0.2) is 23.1 Å². The molecule has 0 unspecified atom stereocenters. The second-order valence-corrected chi connectivity index (χ2v) is 5.27. The van der Waals surface area contributed by atoms with Gasteiger partial charge in [-0.15, -0.1) is 0 Å². The van der Waals surface area contributed by atoms with Gasteiger partial charge in [-0.2, -0.15) is 0 Å². The van der Waals surface area contributed by atoms with Crippen LogP contribution < -0.4 is 15.6 Å². The molecule has 1 aliphatic rings. The van der Waals surface area contributed by atoms with Gasteiger partial charge in [-0.05, 0) is 37.8 Å². The number of hydrogen-bond acceptors (Lipinski definition) is 4. The SMILES string of the molecule is CCOc1cc(NCc2cc3c([nH]c2=O)CCC3)c(F)cn1. The molecule has 2 heterocycles. The van der Waals surface area contributed by atoms with Crippen LogP contribution in [0.1, 0.15) is 30.2 Å². The summed E-state index contributed by atoms with van der Waals surface area (Å²) >= 11 is 0. The molecule has 5 nitrogen and oxygen atoms in total. The summed E-state index contributed by atoms with van der Waals surface area (Å²) in [7, 11) is 0. The second kappa shape index (κ2) is 6.17. The van der Waals surface area contributed by atoms with E-state index in [1.165, 1.54) is 11.6 Å². The van der Waals surface area contributed by atoms with Crippen LogP contribution in [0.5, 0.6) is 5.88 Å². The number of aryl methyl sites for hydroxylation is 2. The average molecular weight is 303 g/mol. The van der Waals surface area contributed by atoms with Gasteiger partial charge in [-0.25, -0.2) is 9.37 Å². The van der Waals surface area contributed by atoms with E-state index in [0.29, 0.717) is 18.1 Å². The van der Waals surface area contributed by atoms with Gasteiger partial charge >= 0.3 is 0 Å². The Hall–Kier alpha value is -2.37. The first kappa shape index (κ1) is 14.6. The van der Waals surface area contributed by atoms with Crippen molar-refractivity contribution in [1.29, 1.82) is 0 Å². The van der Waals surface area contributed by atoms with Crippen molar-refractivity contribution in [2.24, 2.45) is 0 Å². The smallest absolute Gasteiger partial charge is 0.253 e. The van der Waals surface area contributed by atoms with Crippen molar-refractivity contribution in [1.82, 2.24) is 9.97 Å². The molecule has 0 saturated heterocycles. The molecule has 6 heteroatoms. The van der Waals surface area contributed by atoms with Crippen molar-refractivity contribution in [2.75, 3.05) is 11.9 Å². The molecule has 0 atom stereocenters. The van der Waals surface area contributed by atoms with E-state index in [-0.39, 0.29) is 17.8 Å². The lowest BCUT2D eigenvalue weighted by atomic mass is 10.1. The molecular formula is C16H18FN3O2. The minimum Gasteiger partial charge on any atom is -0.478 e. The summed E-state index contributed by atoms with van der Waals surface area (Å²) < 4.78 is 19.0. The maximum absolute atomic E-state index is 13.8. The maximum Gasteiger partial charge on any atom is 0.253 e. The molecule has 0 saturated carbocycles. The molecule has 0 amide bonds. The zero-order valence-electron chi connectivity index (χ0n) is 12.4. The Morgan fingerprint density at radius 2 is 2.27 bits per heavy atom. The third-order valence-electron chi connectivity index (χ3n) is 3.76. The number of nitrogens with one attached hydrogen (secondary N) is 2. The third kappa shape index (κ3) is 2.95. The summed E-state index contributed by atoms with van der Waals surface area (Å²) in [6.45, 7) is 2.56. The van der Waals surface area contributed by atoms with Crippen LogP contribution in [0.25, 0.3) is 0 Å². The van der Waals surface area contributed by atoms with E-state index < -0.39 is 5.82 Å². The predicted octanol–water partition coefficient (Wildman–Crippen LogP) is 2.41. The first-order valence-corrected chi connectivity index (χ1v) is 7.43. The van der Waals surface area contributed by atoms with Crippen LogP contribution in [0.4, 0.5) is 10.1 Å². The summed E-state index contributed by atoms with van der Waals surface area (Å²) in [6.07, 6.45) is 4.09. The molecule has 0 spiro atoms. The Labute approximate surface area is 127 Å². The van der Waals surface area contributed by atoms with E-state index in [4.69, 9.17) is 4.74 Å². The zero-order valence-corrected chi connectivity index (χ0v) is 12.4. The number of aromatic amines is 1. The number of fused-ring (bicyclic) bond motifs is 1. The number of rotatable bonds is 5. The van der Waals surface area contributed by atoms with Gasteiger partial charge < -0.3 is 15.0 Å². The topological polar surface area (TPSA) is 67.0 Å². The maximum atomic E-state index is 13.8. The number of ether oxygens (including phenoxy) is 1. The lowest BCUT2D eigenvalue weighted by Crippen LogP contribution is -2.18. The number of pyridine rings is 2.